The van der Waals surface area contributed by atoms with Crippen LogP contribution in [-0.2, 0) is 16.6 Å². The zero-order valence-electron chi connectivity index (χ0n) is 14.2. The molecule has 0 atom stereocenters. The second-order valence-electron chi connectivity index (χ2n) is 5.87. The number of sulfonamides is 1. The number of guanidine groups is 1. The van der Waals surface area contributed by atoms with E-state index in [1.807, 2.05) is 13.8 Å². The molecular weight excluding hydrogens is 312 g/mol. The van der Waals surface area contributed by atoms with Gasteiger partial charge in [-0.2, -0.15) is 0 Å². The van der Waals surface area contributed by atoms with Crippen molar-refractivity contribution in [2.45, 2.75) is 45.1 Å². The van der Waals surface area contributed by atoms with E-state index < -0.39 is 10.0 Å². The first-order valence-corrected chi connectivity index (χ1v) is 9.46. The molecule has 1 aromatic rings. The van der Waals surface area contributed by atoms with Crippen LogP contribution < -0.4 is 15.8 Å². The van der Waals surface area contributed by atoms with Gasteiger partial charge in [-0.3, -0.25) is 0 Å². The van der Waals surface area contributed by atoms with E-state index in [-0.39, 0.29) is 10.8 Å². The van der Waals surface area contributed by atoms with Crippen LogP contribution in [0.5, 0.6) is 0 Å². The fourth-order valence-corrected chi connectivity index (χ4v) is 2.97. The van der Waals surface area contributed by atoms with Crippen molar-refractivity contribution >= 4 is 16.0 Å². The summed E-state index contributed by atoms with van der Waals surface area (Å²) in [6.07, 6.45) is 2.15. The molecule has 0 fully saturated rings. The van der Waals surface area contributed by atoms with E-state index in [9.17, 15) is 8.42 Å². The molecule has 7 heteroatoms. The Balaban J connectivity index is 2.61. The molecule has 0 saturated heterocycles. The largest absolute Gasteiger partial charge is 0.370 e. The van der Waals surface area contributed by atoms with Crippen molar-refractivity contribution in [1.82, 2.24) is 10.0 Å². The van der Waals surface area contributed by atoms with Gasteiger partial charge in [0.15, 0.2) is 5.96 Å². The minimum atomic E-state index is -3.44. The van der Waals surface area contributed by atoms with E-state index in [4.69, 9.17) is 5.73 Å². The minimum absolute atomic E-state index is 0.264. The zero-order chi connectivity index (χ0) is 17.3. The van der Waals surface area contributed by atoms with Crippen LogP contribution >= 0.6 is 0 Å². The van der Waals surface area contributed by atoms with E-state index in [1.54, 1.807) is 24.3 Å². The Kier molecular flexibility index (Phi) is 8.05. The van der Waals surface area contributed by atoms with Crippen molar-refractivity contribution < 1.29 is 8.42 Å². The fraction of sp³-hybridized carbons (Fsp3) is 0.562. The van der Waals surface area contributed by atoms with Crippen LogP contribution in [0.25, 0.3) is 0 Å². The van der Waals surface area contributed by atoms with Gasteiger partial charge < -0.3 is 11.1 Å². The van der Waals surface area contributed by atoms with Crippen molar-refractivity contribution in [3.63, 3.8) is 0 Å². The summed E-state index contributed by atoms with van der Waals surface area (Å²) < 4.78 is 26.8. The molecule has 0 unspecified atom stereocenters. The predicted molar refractivity (Wildman–Crippen MR) is 94.7 cm³/mol. The zero-order valence-corrected chi connectivity index (χ0v) is 15.0. The maximum Gasteiger partial charge on any atom is 0.240 e. The SMILES string of the molecule is CCCCNC(N)=NCc1ccc(S(=O)(=O)NCC(C)C)cc1. The van der Waals surface area contributed by atoms with Gasteiger partial charge in [0.2, 0.25) is 10.0 Å². The van der Waals surface area contributed by atoms with Crippen LogP contribution in [0, 0.1) is 5.92 Å². The minimum Gasteiger partial charge on any atom is -0.370 e. The first-order valence-electron chi connectivity index (χ1n) is 7.97. The third-order valence-electron chi connectivity index (χ3n) is 3.18. The van der Waals surface area contributed by atoms with Crippen molar-refractivity contribution in [2.24, 2.45) is 16.6 Å². The van der Waals surface area contributed by atoms with Gasteiger partial charge in [-0.1, -0.05) is 39.3 Å². The molecule has 0 aliphatic heterocycles. The first kappa shape index (κ1) is 19.4. The first-order chi connectivity index (χ1) is 10.8. The summed E-state index contributed by atoms with van der Waals surface area (Å²) in [5.74, 6) is 0.676. The standard InChI is InChI=1S/C16H28N4O2S/c1-4-5-10-18-16(17)19-12-14-6-8-15(9-7-14)23(21,22)20-11-13(2)3/h6-9,13,20H,4-5,10-12H2,1-3H3,(H3,17,18,19). The molecule has 130 valence electrons. The summed E-state index contributed by atoms with van der Waals surface area (Å²) in [6, 6.07) is 6.70. The number of hydrogen-bond donors (Lipinski definition) is 3. The van der Waals surface area contributed by atoms with Gasteiger partial charge >= 0.3 is 0 Å². The lowest BCUT2D eigenvalue weighted by Crippen LogP contribution is -2.32. The van der Waals surface area contributed by atoms with Gasteiger partial charge in [0.05, 0.1) is 11.4 Å². The van der Waals surface area contributed by atoms with E-state index in [0.29, 0.717) is 19.0 Å². The molecule has 0 aliphatic rings. The molecule has 0 amide bonds. The highest BCUT2D eigenvalue weighted by Crippen LogP contribution is 2.11. The summed E-state index contributed by atoms with van der Waals surface area (Å²) in [7, 11) is -3.44. The van der Waals surface area contributed by atoms with Crippen molar-refractivity contribution in [1.29, 1.82) is 0 Å². The maximum absolute atomic E-state index is 12.1. The van der Waals surface area contributed by atoms with Crippen LogP contribution in [0.4, 0.5) is 0 Å². The number of rotatable bonds is 9. The summed E-state index contributed by atoms with van der Waals surface area (Å²) in [6.45, 7) is 7.69. The molecule has 0 bridgehead atoms. The van der Waals surface area contributed by atoms with Gasteiger partial charge in [0.25, 0.3) is 0 Å². The number of hydrogen-bond acceptors (Lipinski definition) is 3. The molecule has 0 aromatic heterocycles. The van der Waals surface area contributed by atoms with Gasteiger partial charge in [-0.15, -0.1) is 0 Å². The monoisotopic (exact) mass is 340 g/mol. The number of nitrogens with one attached hydrogen (secondary N) is 2. The Morgan fingerprint density at radius 2 is 1.91 bits per heavy atom. The topological polar surface area (TPSA) is 96.6 Å². The van der Waals surface area contributed by atoms with Crippen LogP contribution in [0.3, 0.4) is 0 Å². The second kappa shape index (κ2) is 9.52. The van der Waals surface area contributed by atoms with Gasteiger partial charge in [-0.25, -0.2) is 18.1 Å². The lowest BCUT2D eigenvalue weighted by atomic mass is 10.2. The smallest absolute Gasteiger partial charge is 0.240 e. The summed E-state index contributed by atoms with van der Waals surface area (Å²) >= 11 is 0. The van der Waals surface area contributed by atoms with Crippen LogP contribution in [0.2, 0.25) is 0 Å². The third kappa shape index (κ3) is 7.47. The van der Waals surface area contributed by atoms with E-state index >= 15 is 0 Å². The molecule has 0 radical (unpaired) electrons. The Labute approximate surface area is 139 Å². The quantitative estimate of drug-likeness (QED) is 0.363. The van der Waals surface area contributed by atoms with Crippen LogP contribution in [0.1, 0.15) is 39.2 Å². The van der Waals surface area contributed by atoms with Gasteiger partial charge in [0.1, 0.15) is 0 Å². The van der Waals surface area contributed by atoms with E-state index in [0.717, 1.165) is 24.9 Å². The Morgan fingerprint density at radius 3 is 2.48 bits per heavy atom. The molecule has 4 N–H and O–H groups in total. The molecule has 1 rings (SSSR count). The third-order valence-corrected chi connectivity index (χ3v) is 4.62. The summed E-state index contributed by atoms with van der Waals surface area (Å²) in [5.41, 5.74) is 6.67. The molecule has 0 aliphatic carbocycles. The molecule has 0 heterocycles. The highest BCUT2D eigenvalue weighted by molar-refractivity contribution is 7.89. The number of unbranched alkanes of at least 4 members (excludes halogenated alkanes) is 1. The lowest BCUT2D eigenvalue weighted by Gasteiger charge is -2.09. The average molecular weight is 340 g/mol. The molecule has 0 saturated carbocycles. The molecule has 0 spiro atoms. The number of nitrogens with two attached hydrogens (primary N) is 1. The lowest BCUT2D eigenvalue weighted by molar-refractivity contribution is 0.560. The summed E-state index contributed by atoms with van der Waals surface area (Å²) in [5, 5.41) is 3.04. The predicted octanol–water partition coefficient (Wildman–Crippen LogP) is 1.83. The molecule has 23 heavy (non-hydrogen) atoms. The number of benzene rings is 1. The second-order valence-corrected chi connectivity index (χ2v) is 7.64. The Hall–Kier alpha value is -1.60. The normalized spacial score (nSPS) is 12.6. The Morgan fingerprint density at radius 1 is 1.26 bits per heavy atom. The van der Waals surface area contributed by atoms with E-state index in [1.165, 1.54) is 0 Å². The van der Waals surface area contributed by atoms with Crippen LogP contribution in [-0.4, -0.2) is 27.5 Å². The highest BCUT2D eigenvalue weighted by atomic mass is 32.2. The summed E-state index contributed by atoms with van der Waals surface area (Å²) in [4.78, 5) is 4.50. The average Bonchev–Trinajstić information content (AvgIpc) is 2.52. The van der Waals surface area contributed by atoms with E-state index in [2.05, 4.69) is 22.0 Å². The van der Waals surface area contributed by atoms with Crippen molar-refractivity contribution in [2.75, 3.05) is 13.1 Å². The maximum atomic E-state index is 12.1. The number of nitrogens with zero attached hydrogens (tertiary/aromatic N) is 1. The molecular formula is C16H28N4O2S. The van der Waals surface area contributed by atoms with Gasteiger partial charge in [-0.05, 0) is 30.0 Å². The molecule has 6 nitrogen and oxygen atoms in total. The van der Waals surface area contributed by atoms with Crippen LogP contribution in [0.15, 0.2) is 34.2 Å². The molecule has 1 aromatic carbocycles. The fourth-order valence-electron chi connectivity index (χ4n) is 1.76. The highest BCUT2D eigenvalue weighted by Gasteiger charge is 2.13. The Bertz CT molecular complexity index is 595. The number of aliphatic imine (C=N–C) groups is 1. The van der Waals surface area contributed by atoms with Crippen molar-refractivity contribution in [3.8, 4) is 0 Å². The van der Waals surface area contributed by atoms with Gasteiger partial charge in [0, 0.05) is 13.1 Å². The van der Waals surface area contributed by atoms with Crippen molar-refractivity contribution in [3.05, 3.63) is 29.8 Å².